The summed E-state index contributed by atoms with van der Waals surface area (Å²) < 4.78 is 7.72. The molecule has 1 rings (SSSR count). The molecular formula is C15H18ClN3O6. The highest BCUT2D eigenvalue weighted by molar-refractivity contribution is 6.30. The van der Waals surface area contributed by atoms with Crippen LogP contribution in [0, 0.1) is 0 Å². The number of hydrogen-bond acceptors (Lipinski definition) is 4. The predicted molar refractivity (Wildman–Crippen MR) is 89.5 cm³/mol. The van der Waals surface area contributed by atoms with E-state index in [-0.39, 0.29) is 6.42 Å². The molecular weight excluding hydrogens is 354 g/mol. The first kappa shape index (κ1) is 18.5. The maximum absolute atomic E-state index is 12.1. The molecule has 0 aliphatic rings. The first-order chi connectivity index (χ1) is 12.1. The molecule has 2 atom stereocenters. The number of benzene rings is 1. The summed E-state index contributed by atoms with van der Waals surface area (Å²) in [5.74, 6) is -3.51. The highest BCUT2D eigenvalue weighted by Crippen LogP contribution is 2.13. The van der Waals surface area contributed by atoms with E-state index >= 15 is 0 Å². The Labute approximate surface area is 149 Å². The normalized spacial score (nSPS) is 13.1. The van der Waals surface area contributed by atoms with Crippen LogP contribution in [0.5, 0.6) is 0 Å². The van der Waals surface area contributed by atoms with Gasteiger partial charge in [-0.2, -0.15) is 0 Å². The van der Waals surface area contributed by atoms with Crippen molar-refractivity contribution in [1.82, 2.24) is 10.6 Å². The van der Waals surface area contributed by atoms with Crippen molar-refractivity contribution in [3.05, 3.63) is 29.3 Å². The molecule has 1 aromatic carbocycles. The van der Waals surface area contributed by atoms with E-state index in [2.05, 4.69) is 10.6 Å². The van der Waals surface area contributed by atoms with Crippen molar-refractivity contribution in [2.75, 3.05) is 5.32 Å². The lowest BCUT2D eigenvalue weighted by Crippen LogP contribution is -2.51. The molecule has 136 valence electrons. The van der Waals surface area contributed by atoms with Crippen molar-refractivity contribution in [3.8, 4) is 0 Å². The van der Waals surface area contributed by atoms with Gasteiger partial charge in [-0.25, -0.2) is 9.59 Å². The topological polar surface area (TPSA) is 145 Å². The van der Waals surface area contributed by atoms with Gasteiger partial charge in [0.2, 0.25) is 5.91 Å². The Bertz CT molecular complexity index is 684. The van der Waals surface area contributed by atoms with Gasteiger partial charge in [-0.1, -0.05) is 11.6 Å². The van der Waals surface area contributed by atoms with Gasteiger partial charge in [0, 0.05) is 17.1 Å². The van der Waals surface area contributed by atoms with E-state index in [0.717, 1.165) is 0 Å². The number of amides is 3. The van der Waals surface area contributed by atoms with Crippen molar-refractivity contribution in [3.63, 3.8) is 0 Å². The van der Waals surface area contributed by atoms with E-state index in [4.69, 9.17) is 23.2 Å². The summed E-state index contributed by atoms with van der Waals surface area (Å²) in [6.45, 7) is 1.24. The Morgan fingerprint density at radius 2 is 1.80 bits per heavy atom. The predicted octanol–water partition coefficient (Wildman–Crippen LogP) is 1.28. The summed E-state index contributed by atoms with van der Waals surface area (Å²) >= 11 is 5.72. The number of carbonyl (C=O) groups is 4. The number of rotatable bonds is 8. The number of carbonyl (C=O) groups excluding carboxylic acids is 2. The molecule has 0 radical (unpaired) electrons. The third-order valence-electron chi connectivity index (χ3n) is 3.05. The van der Waals surface area contributed by atoms with Gasteiger partial charge in [0.25, 0.3) is 0 Å². The zero-order valence-electron chi connectivity index (χ0n) is 14.2. The summed E-state index contributed by atoms with van der Waals surface area (Å²) in [5.41, 5.74) is 0.356. The van der Waals surface area contributed by atoms with Gasteiger partial charge in [-0.05, 0) is 37.6 Å². The number of hydrogen-bond donors (Lipinski definition) is 5. The summed E-state index contributed by atoms with van der Waals surface area (Å²) in [6, 6.07) is 2.41. The van der Waals surface area contributed by atoms with Gasteiger partial charge in [-0.15, -0.1) is 0 Å². The van der Waals surface area contributed by atoms with Crippen LogP contribution in [0.1, 0.15) is 19.8 Å². The highest BCUT2D eigenvalue weighted by Gasteiger charge is 2.24. The number of nitrogens with one attached hydrogen (secondary N) is 3. The van der Waals surface area contributed by atoms with E-state index < -0.39 is 42.4 Å². The molecule has 25 heavy (non-hydrogen) atoms. The van der Waals surface area contributed by atoms with E-state index in [9.17, 15) is 19.2 Å². The van der Waals surface area contributed by atoms with Crippen molar-refractivity contribution < 1.29 is 30.8 Å². The standard InChI is InChI=1S/C15H18ClN3O6/c1-8(13(22)19-11(14(23)24)6-7-12(20)21)17-15(25)18-10-4-2-9(16)3-5-10/h2-5,8,11H,6-7H2,1H3,(H,19,22)(H,20,21)(H,23,24)(H2,17,18,25)/t8-,11-/m0/s1/i/hD. The lowest BCUT2D eigenvalue weighted by Gasteiger charge is -2.18. The lowest BCUT2D eigenvalue weighted by molar-refractivity contribution is -0.143. The Kier molecular flexibility index (Phi) is 7.02. The molecule has 5 N–H and O–H groups in total. The third-order valence-corrected chi connectivity index (χ3v) is 3.30. The molecule has 0 fully saturated rings. The Hall–Kier alpha value is -2.81. The largest absolute Gasteiger partial charge is 0.481 e. The van der Waals surface area contributed by atoms with Crippen LogP contribution in [-0.4, -0.2) is 46.2 Å². The zero-order chi connectivity index (χ0) is 19.9. The van der Waals surface area contributed by atoms with Crippen LogP contribution in [0.2, 0.25) is 6.43 Å². The maximum atomic E-state index is 12.1. The van der Waals surface area contributed by atoms with E-state index in [1.807, 2.05) is 0 Å². The van der Waals surface area contributed by atoms with Crippen molar-refractivity contribution in [1.29, 1.82) is 0 Å². The number of urea groups is 1. The number of aliphatic carboxylic acids is 2. The molecule has 1 aromatic rings. The Balaban J connectivity index is 2.66. The van der Waals surface area contributed by atoms with Crippen LogP contribution in [0.3, 0.4) is 0 Å². The third kappa shape index (κ3) is 7.53. The SMILES string of the molecule is [2H]N(C(=O)Nc1ccc(Cl)cc1)[C@@H](C)C(=O)N[C@@H](CCC(=O)O)C(=O)O. The molecule has 9 nitrogen and oxygen atoms in total. The van der Waals surface area contributed by atoms with Crippen LogP contribution < -0.4 is 15.9 Å². The fourth-order valence-electron chi connectivity index (χ4n) is 1.74. The molecule has 0 saturated heterocycles. The van der Waals surface area contributed by atoms with Crippen LogP contribution in [-0.2, 0) is 14.4 Å². The van der Waals surface area contributed by atoms with Gasteiger partial charge in [0.05, 0.1) is 0 Å². The molecule has 0 heterocycles. The monoisotopic (exact) mass is 372 g/mol. The number of halogens is 1. The first-order valence-electron chi connectivity index (χ1n) is 7.66. The highest BCUT2D eigenvalue weighted by atomic mass is 35.5. The maximum Gasteiger partial charge on any atom is 0.326 e. The summed E-state index contributed by atoms with van der Waals surface area (Å²) in [4.78, 5) is 45.7. The summed E-state index contributed by atoms with van der Waals surface area (Å²) in [7, 11) is 0. The Morgan fingerprint density at radius 3 is 2.32 bits per heavy atom. The molecule has 0 aliphatic heterocycles. The Morgan fingerprint density at radius 1 is 1.20 bits per heavy atom. The van der Waals surface area contributed by atoms with Crippen molar-refractivity contribution >= 4 is 41.2 Å². The fourth-order valence-corrected chi connectivity index (χ4v) is 1.87. The average molecular weight is 373 g/mol. The second-order valence-electron chi connectivity index (χ2n) is 5.07. The number of carboxylic acid groups (broad SMARTS) is 2. The number of anilines is 1. The molecule has 0 unspecified atom stereocenters. The van der Waals surface area contributed by atoms with Crippen LogP contribution >= 0.6 is 11.6 Å². The molecule has 3 amide bonds. The van der Waals surface area contributed by atoms with Crippen molar-refractivity contribution in [2.45, 2.75) is 31.8 Å². The minimum Gasteiger partial charge on any atom is -0.481 e. The summed E-state index contributed by atoms with van der Waals surface area (Å²) in [6.07, 6.45) is -0.772. The molecule has 0 aromatic heterocycles. The quantitative estimate of drug-likeness (QED) is 0.465. The van der Waals surface area contributed by atoms with Gasteiger partial charge in [-0.3, -0.25) is 9.59 Å². The van der Waals surface area contributed by atoms with Gasteiger partial charge < -0.3 is 26.2 Å². The van der Waals surface area contributed by atoms with Gasteiger partial charge >= 0.3 is 18.0 Å². The van der Waals surface area contributed by atoms with Gasteiger partial charge in [0.15, 0.2) is 1.41 Å². The second kappa shape index (κ2) is 9.48. The molecule has 0 aliphatic carbocycles. The summed E-state index contributed by atoms with van der Waals surface area (Å²) in [5, 5.41) is 22.9. The minimum atomic E-state index is -1.44. The van der Waals surface area contributed by atoms with Crippen LogP contribution in [0.25, 0.3) is 0 Å². The van der Waals surface area contributed by atoms with E-state index in [1.54, 1.807) is 0 Å². The van der Waals surface area contributed by atoms with E-state index in [1.165, 1.54) is 31.2 Å². The minimum absolute atomic E-state index is 0.321. The molecule has 10 heteroatoms. The molecule has 0 spiro atoms. The van der Waals surface area contributed by atoms with Crippen LogP contribution in [0.15, 0.2) is 24.3 Å². The lowest BCUT2D eigenvalue weighted by atomic mass is 10.1. The molecule has 0 saturated carbocycles. The second-order valence-corrected chi connectivity index (χ2v) is 5.51. The average Bonchev–Trinajstić information content (AvgIpc) is 2.58. The first-order valence-corrected chi connectivity index (χ1v) is 7.59. The molecule has 0 bridgehead atoms. The van der Waals surface area contributed by atoms with Gasteiger partial charge in [0.1, 0.15) is 12.1 Å². The van der Waals surface area contributed by atoms with Crippen molar-refractivity contribution in [2.24, 2.45) is 0 Å². The fraction of sp³-hybridized carbons (Fsp3) is 0.333. The zero-order valence-corrected chi connectivity index (χ0v) is 14.0. The smallest absolute Gasteiger partial charge is 0.326 e. The number of carboxylic acids is 2. The van der Waals surface area contributed by atoms with Crippen LogP contribution in [0.4, 0.5) is 10.5 Å². The van der Waals surface area contributed by atoms with E-state index in [0.29, 0.717) is 16.0 Å².